The largest absolute Gasteiger partial charge is 0.388 e. The van der Waals surface area contributed by atoms with Crippen molar-refractivity contribution < 1.29 is 9.50 Å². The maximum absolute atomic E-state index is 13.0. The van der Waals surface area contributed by atoms with Crippen LogP contribution in [0.3, 0.4) is 0 Å². The van der Waals surface area contributed by atoms with Crippen LogP contribution in [0.1, 0.15) is 17.2 Å². The van der Waals surface area contributed by atoms with Gasteiger partial charge in [0.25, 0.3) is 0 Å². The highest BCUT2D eigenvalue weighted by molar-refractivity contribution is 7.99. The van der Waals surface area contributed by atoms with E-state index in [1.807, 2.05) is 18.2 Å². The number of aryl methyl sites for hydroxylation is 1. The number of benzene rings is 1. The summed E-state index contributed by atoms with van der Waals surface area (Å²) in [7, 11) is 0. The number of halogens is 1. The van der Waals surface area contributed by atoms with Crippen molar-refractivity contribution in [3.8, 4) is 0 Å². The molecule has 0 spiro atoms. The molecule has 1 heterocycles. The number of nitrogens with zero attached hydrogens (tertiary/aromatic N) is 1. The van der Waals surface area contributed by atoms with Gasteiger partial charge >= 0.3 is 0 Å². The average molecular weight is 263 g/mol. The number of aliphatic hydroxyl groups is 1. The summed E-state index contributed by atoms with van der Waals surface area (Å²) in [6.07, 6.45) is 1.11. The zero-order valence-electron chi connectivity index (χ0n) is 10.0. The van der Waals surface area contributed by atoms with Gasteiger partial charge in [-0.15, -0.1) is 11.8 Å². The van der Waals surface area contributed by atoms with Crippen molar-refractivity contribution in [1.29, 1.82) is 0 Å². The molecular formula is C14H14FNOS. The van der Waals surface area contributed by atoms with Gasteiger partial charge in [-0.25, -0.2) is 9.37 Å². The van der Waals surface area contributed by atoms with Crippen molar-refractivity contribution in [3.63, 3.8) is 0 Å². The number of hydrogen-bond acceptors (Lipinski definition) is 3. The lowest BCUT2D eigenvalue weighted by molar-refractivity contribution is 0.203. The summed E-state index contributed by atoms with van der Waals surface area (Å²) >= 11 is 1.48. The zero-order valence-corrected chi connectivity index (χ0v) is 10.8. The van der Waals surface area contributed by atoms with Gasteiger partial charge in [0.1, 0.15) is 5.82 Å². The lowest BCUT2D eigenvalue weighted by Gasteiger charge is -2.13. The van der Waals surface area contributed by atoms with Crippen LogP contribution in [-0.2, 0) is 0 Å². The minimum absolute atomic E-state index is 0.277. The third-order valence-electron chi connectivity index (χ3n) is 2.62. The van der Waals surface area contributed by atoms with Crippen molar-refractivity contribution in [2.75, 3.05) is 5.75 Å². The number of rotatable bonds is 4. The van der Waals surface area contributed by atoms with Gasteiger partial charge in [-0.3, -0.25) is 0 Å². The highest BCUT2D eigenvalue weighted by Gasteiger charge is 2.11. The summed E-state index contributed by atoms with van der Waals surface area (Å²) < 4.78 is 13.0. The monoisotopic (exact) mass is 263 g/mol. The van der Waals surface area contributed by atoms with Gasteiger partial charge in [0, 0.05) is 11.9 Å². The Bertz CT molecular complexity index is 518. The summed E-state index contributed by atoms with van der Waals surface area (Å²) in [4.78, 5) is 4.17. The highest BCUT2D eigenvalue weighted by Crippen LogP contribution is 2.25. The Morgan fingerprint density at radius 2 is 2.17 bits per heavy atom. The molecule has 18 heavy (non-hydrogen) atoms. The van der Waals surface area contributed by atoms with Gasteiger partial charge in [-0.1, -0.05) is 12.1 Å². The highest BCUT2D eigenvalue weighted by atomic mass is 32.2. The van der Waals surface area contributed by atoms with Crippen molar-refractivity contribution >= 4 is 11.8 Å². The SMILES string of the molecule is Cc1cc(F)ccc1C(O)CSc1ccccn1. The summed E-state index contributed by atoms with van der Waals surface area (Å²) in [5.41, 5.74) is 1.53. The molecule has 2 aromatic rings. The van der Waals surface area contributed by atoms with E-state index in [0.717, 1.165) is 16.2 Å². The molecule has 2 nitrogen and oxygen atoms in total. The Balaban J connectivity index is 2.01. The fourth-order valence-electron chi connectivity index (χ4n) is 1.70. The van der Waals surface area contributed by atoms with Gasteiger partial charge in [-0.05, 0) is 42.3 Å². The molecule has 1 N–H and O–H groups in total. The molecule has 0 bridgehead atoms. The first-order valence-electron chi connectivity index (χ1n) is 5.65. The van der Waals surface area contributed by atoms with E-state index in [9.17, 15) is 9.50 Å². The fourth-order valence-corrected chi connectivity index (χ4v) is 2.52. The maximum Gasteiger partial charge on any atom is 0.123 e. The van der Waals surface area contributed by atoms with E-state index < -0.39 is 6.10 Å². The standard InChI is InChI=1S/C14H14FNOS/c1-10-8-11(15)5-6-12(10)13(17)9-18-14-4-2-3-7-16-14/h2-8,13,17H,9H2,1H3. The Morgan fingerprint density at radius 3 is 2.83 bits per heavy atom. The number of thioether (sulfide) groups is 1. The lowest BCUT2D eigenvalue weighted by atomic mass is 10.0. The van der Waals surface area contributed by atoms with Gasteiger partial charge in [-0.2, -0.15) is 0 Å². The molecule has 0 aliphatic carbocycles. The second kappa shape index (κ2) is 5.98. The van der Waals surface area contributed by atoms with Crippen LogP contribution in [0.4, 0.5) is 4.39 Å². The average Bonchev–Trinajstić information content (AvgIpc) is 2.37. The zero-order chi connectivity index (χ0) is 13.0. The molecule has 0 radical (unpaired) electrons. The van der Waals surface area contributed by atoms with Crippen LogP contribution < -0.4 is 0 Å². The van der Waals surface area contributed by atoms with E-state index in [1.165, 1.54) is 23.9 Å². The molecule has 4 heteroatoms. The number of aromatic nitrogens is 1. The molecule has 0 aliphatic heterocycles. The van der Waals surface area contributed by atoms with Crippen LogP contribution in [0, 0.1) is 12.7 Å². The normalized spacial score (nSPS) is 12.4. The van der Waals surface area contributed by atoms with Gasteiger partial charge in [0.2, 0.25) is 0 Å². The summed E-state index contributed by atoms with van der Waals surface area (Å²) in [5, 5.41) is 11.0. The molecule has 1 atom stereocenters. The Morgan fingerprint density at radius 1 is 1.33 bits per heavy atom. The molecule has 1 unspecified atom stereocenters. The summed E-state index contributed by atoms with van der Waals surface area (Å²) in [6.45, 7) is 1.80. The third-order valence-corrected chi connectivity index (χ3v) is 3.64. The van der Waals surface area contributed by atoms with Crippen molar-refractivity contribution in [2.45, 2.75) is 18.1 Å². The molecule has 1 aromatic carbocycles. The van der Waals surface area contributed by atoms with E-state index in [1.54, 1.807) is 19.2 Å². The fraction of sp³-hybridized carbons (Fsp3) is 0.214. The topological polar surface area (TPSA) is 33.1 Å². The second-order valence-corrected chi connectivity index (χ2v) is 5.04. The summed E-state index contributed by atoms with van der Waals surface area (Å²) in [5.74, 6) is 0.226. The van der Waals surface area contributed by atoms with Crippen LogP contribution in [0.5, 0.6) is 0 Å². The van der Waals surface area contributed by atoms with Crippen molar-refractivity contribution in [3.05, 3.63) is 59.5 Å². The van der Waals surface area contributed by atoms with Crippen LogP contribution >= 0.6 is 11.8 Å². The summed E-state index contributed by atoms with van der Waals surface area (Å²) in [6, 6.07) is 10.1. The van der Waals surface area contributed by atoms with Crippen LogP contribution in [0.15, 0.2) is 47.6 Å². The molecule has 0 saturated carbocycles. The quantitative estimate of drug-likeness (QED) is 0.859. The molecule has 0 aliphatic rings. The Hall–Kier alpha value is -1.39. The van der Waals surface area contributed by atoms with Gasteiger partial charge < -0.3 is 5.11 Å². The number of hydrogen-bond donors (Lipinski definition) is 1. The second-order valence-electron chi connectivity index (χ2n) is 4.00. The van der Waals surface area contributed by atoms with E-state index in [2.05, 4.69) is 4.98 Å². The van der Waals surface area contributed by atoms with E-state index in [-0.39, 0.29) is 5.82 Å². The molecule has 0 fully saturated rings. The van der Waals surface area contributed by atoms with Crippen LogP contribution in [0.2, 0.25) is 0 Å². The molecular weight excluding hydrogens is 249 g/mol. The minimum atomic E-state index is -0.613. The van der Waals surface area contributed by atoms with E-state index >= 15 is 0 Å². The molecule has 2 rings (SSSR count). The van der Waals surface area contributed by atoms with Crippen molar-refractivity contribution in [1.82, 2.24) is 4.98 Å². The number of pyridine rings is 1. The molecule has 0 saturated heterocycles. The molecule has 94 valence electrons. The van der Waals surface area contributed by atoms with E-state index in [4.69, 9.17) is 0 Å². The lowest BCUT2D eigenvalue weighted by Crippen LogP contribution is -2.03. The van der Waals surface area contributed by atoms with Crippen LogP contribution in [0.25, 0.3) is 0 Å². The van der Waals surface area contributed by atoms with Crippen LogP contribution in [-0.4, -0.2) is 15.8 Å². The van der Waals surface area contributed by atoms with Crippen molar-refractivity contribution in [2.24, 2.45) is 0 Å². The molecule has 0 amide bonds. The Labute approximate surface area is 110 Å². The Kier molecular flexibility index (Phi) is 4.33. The minimum Gasteiger partial charge on any atom is -0.388 e. The predicted octanol–water partition coefficient (Wildman–Crippen LogP) is 3.35. The first-order valence-corrected chi connectivity index (χ1v) is 6.63. The third kappa shape index (κ3) is 3.31. The van der Waals surface area contributed by atoms with E-state index in [0.29, 0.717) is 5.75 Å². The van der Waals surface area contributed by atoms with Gasteiger partial charge in [0.15, 0.2) is 0 Å². The molecule has 1 aromatic heterocycles. The predicted molar refractivity (Wildman–Crippen MR) is 71.1 cm³/mol. The van der Waals surface area contributed by atoms with Gasteiger partial charge in [0.05, 0.1) is 11.1 Å². The first kappa shape index (κ1) is 13.1. The number of aliphatic hydroxyl groups excluding tert-OH is 1. The smallest absolute Gasteiger partial charge is 0.123 e. The first-order chi connectivity index (χ1) is 8.66. The maximum atomic E-state index is 13.0.